The van der Waals surface area contributed by atoms with Gasteiger partial charge in [-0.1, -0.05) is 11.3 Å². The second-order valence-corrected chi connectivity index (χ2v) is 6.77. The van der Waals surface area contributed by atoms with Gasteiger partial charge in [-0.15, -0.1) is 0 Å². The number of fused-ring (bicyclic) bond motifs is 1. The maximum Gasteiger partial charge on any atom is 0.372 e. The fourth-order valence-electron chi connectivity index (χ4n) is 3.14. The van der Waals surface area contributed by atoms with E-state index in [0.29, 0.717) is 10.8 Å². The van der Waals surface area contributed by atoms with Crippen LogP contribution in [0, 0.1) is 10.1 Å². The Morgan fingerprint density at radius 2 is 2.38 bits per heavy atom. The standard InChI is InChI=1S/C14H17N7O2S/c1-18-9-11(7-15-18)19-4-2-3-10(8-19)16-12-13(21(22)23)20-5-6-24-14(20)17-12/h5-7,9-10,16H,2-4,8H2,1H3. The van der Waals surface area contributed by atoms with Gasteiger partial charge < -0.3 is 20.3 Å². The zero-order valence-corrected chi connectivity index (χ0v) is 13.9. The first-order valence-electron chi connectivity index (χ1n) is 7.72. The molecule has 0 aromatic carbocycles. The van der Waals surface area contributed by atoms with Crippen LogP contribution in [0.3, 0.4) is 0 Å². The molecule has 1 atom stereocenters. The van der Waals surface area contributed by atoms with E-state index in [4.69, 9.17) is 0 Å². The van der Waals surface area contributed by atoms with Crippen LogP contribution in [0.25, 0.3) is 4.96 Å². The smallest absolute Gasteiger partial charge is 0.367 e. The molecular formula is C14H17N7O2S. The van der Waals surface area contributed by atoms with Gasteiger partial charge in [-0.25, -0.2) is 0 Å². The van der Waals surface area contributed by atoms with E-state index in [2.05, 4.69) is 20.3 Å². The zero-order valence-electron chi connectivity index (χ0n) is 13.1. The summed E-state index contributed by atoms with van der Waals surface area (Å²) in [5, 5.41) is 20.7. The first-order valence-corrected chi connectivity index (χ1v) is 8.60. The third-order valence-electron chi connectivity index (χ3n) is 4.23. The third kappa shape index (κ3) is 2.58. The van der Waals surface area contributed by atoms with E-state index in [9.17, 15) is 10.1 Å². The van der Waals surface area contributed by atoms with Crippen molar-refractivity contribution in [3.05, 3.63) is 34.1 Å². The molecule has 1 aliphatic heterocycles. The van der Waals surface area contributed by atoms with Gasteiger partial charge in [-0.2, -0.15) is 14.5 Å². The molecule has 24 heavy (non-hydrogen) atoms. The summed E-state index contributed by atoms with van der Waals surface area (Å²) in [6, 6.07) is 0.113. The number of aromatic nitrogens is 4. The average molecular weight is 347 g/mol. The molecule has 4 heterocycles. The zero-order chi connectivity index (χ0) is 16.7. The normalized spacial score (nSPS) is 18.2. The molecule has 4 rings (SSSR count). The van der Waals surface area contributed by atoms with Crippen molar-refractivity contribution in [1.29, 1.82) is 0 Å². The minimum atomic E-state index is -0.378. The van der Waals surface area contributed by atoms with Crippen LogP contribution in [0.5, 0.6) is 0 Å². The van der Waals surface area contributed by atoms with Crippen LogP contribution in [-0.4, -0.2) is 43.2 Å². The number of nitrogens with zero attached hydrogens (tertiary/aromatic N) is 6. The van der Waals surface area contributed by atoms with Crippen LogP contribution in [0.4, 0.5) is 17.3 Å². The van der Waals surface area contributed by atoms with E-state index >= 15 is 0 Å². The molecule has 0 bridgehead atoms. The molecule has 1 N–H and O–H groups in total. The summed E-state index contributed by atoms with van der Waals surface area (Å²) in [7, 11) is 1.89. The Bertz CT molecular complexity index is 883. The van der Waals surface area contributed by atoms with Gasteiger partial charge in [0.1, 0.15) is 6.20 Å². The molecule has 0 saturated carbocycles. The summed E-state index contributed by atoms with van der Waals surface area (Å²) in [6.07, 6.45) is 7.48. The summed E-state index contributed by atoms with van der Waals surface area (Å²) in [4.78, 5) is 18.3. The van der Waals surface area contributed by atoms with Gasteiger partial charge in [-0.3, -0.25) is 4.68 Å². The van der Waals surface area contributed by atoms with Crippen molar-refractivity contribution in [3.8, 4) is 0 Å². The minimum Gasteiger partial charge on any atom is -0.367 e. The number of hydrogen-bond acceptors (Lipinski definition) is 7. The predicted octanol–water partition coefficient (Wildman–Crippen LogP) is 2.12. The van der Waals surface area contributed by atoms with E-state index in [-0.39, 0.29) is 16.8 Å². The molecule has 0 radical (unpaired) electrons. The summed E-state index contributed by atoms with van der Waals surface area (Å²) in [5.41, 5.74) is 1.07. The van der Waals surface area contributed by atoms with Crippen LogP contribution in [0.15, 0.2) is 24.0 Å². The molecule has 9 nitrogen and oxygen atoms in total. The Morgan fingerprint density at radius 1 is 1.50 bits per heavy atom. The highest BCUT2D eigenvalue weighted by Gasteiger charge is 2.28. The number of nitrogens with one attached hydrogen (secondary N) is 1. The summed E-state index contributed by atoms with van der Waals surface area (Å²) in [5.74, 6) is 0.356. The quantitative estimate of drug-likeness (QED) is 0.574. The fraction of sp³-hybridized carbons (Fsp3) is 0.429. The average Bonchev–Trinajstić information content (AvgIpc) is 3.22. The topological polar surface area (TPSA) is 93.5 Å². The van der Waals surface area contributed by atoms with Crippen LogP contribution in [-0.2, 0) is 7.05 Å². The second-order valence-electron chi connectivity index (χ2n) is 5.90. The van der Waals surface area contributed by atoms with Crippen molar-refractivity contribution >= 4 is 33.6 Å². The monoisotopic (exact) mass is 347 g/mol. The van der Waals surface area contributed by atoms with Crippen molar-refractivity contribution in [1.82, 2.24) is 19.2 Å². The number of thiazole rings is 1. The SMILES string of the molecule is Cn1cc(N2CCCC(Nc3nc4sccn4c3[N+](=O)[O-])C2)cn1. The lowest BCUT2D eigenvalue weighted by atomic mass is 10.1. The molecule has 1 fully saturated rings. The van der Waals surface area contributed by atoms with Gasteiger partial charge in [-0.05, 0) is 17.8 Å². The lowest BCUT2D eigenvalue weighted by Crippen LogP contribution is -2.42. The molecule has 126 valence electrons. The van der Waals surface area contributed by atoms with E-state index < -0.39 is 0 Å². The first kappa shape index (κ1) is 14.9. The van der Waals surface area contributed by atoms with E-state index in [1.165, 1.54) is 15.7 Å². The van der Waals surface area contributed by atoms with Crippen LogP contribution >= 0.6 is 11.3 Å². The number of anilines is 2. The number of hydrogen-bond donors (Lipinski definition) is 1. The highest BCUT2D eigenvalue weighted by molar-refractivity contribution is 7.15. The molecule has 0 aliphatic carbocycles. The summed E-state index contributed by atoms with van der Waals surface area (Å²) < 4.78 is 3.30. The number of aryl methyl sites for hydroxylation is 1. The Morgan fingerprint density at radius 3 is 3.12 bits per heavy atom. The summed E-state index contributed by atoms with van der Waals surface area (Å²) >= 11 is 1.39. The van der Waals surface area contributed by atoms with Crippen LogP contribution in [0.2, 0.25) is 0 Å². The van der Waals surface area contributed by atoms with Gasteiger partial charge in [0.25, 0.3) is 4.96 Å². The predicted molar refractivity (Wildman–Crippen MR) is 91.8 cm³/mol. The number of rotatable bonds is 4. The lowest BCUT2D eigenvalue weighted by Gasteiger charge is -2.33. The molecule has 10 heteroatoms. The minimum absolute atomic E-state index is 0.00440. The van der Waals surface area contributed by atoms with Crippen molar-refractivity contribution in [2.45, 2.75) is 18.9 Å². The molecule has 3 aromatic rings. The van der Waals surface area contributed by atoms with Gasteiger partial charge in [0.05, 0.1) is 11.9 Å². The Kier molecular flexibility index (Phi) is 3.60. The molecule has 0 spiro atoms. The molecular weight excluding hydrogens is 330 g/mol. The maximum atomic E-state index is 11.4. The van der Waals surface area contributed by atoms with Gasteiger partial charge in [0.15, 0.2) is 0 Å². The van der Waals surface area contributed by atoms with E-state index in [1.807, 2.05) is 19.4 Å². The highest BCUT2D eigenvalue weighted by atomic mass is 32.1. The van der Waals surface area contributed by atoms with Crippen molar-refractivity contribution in [3.63, 3.8) is 0 Å². The number of imidazole rings is 1. The molecule has 1 saturated heterocycles. The van der Waals surface area contributed by atoms with E-state index in [1.54, 1.807) is 16.3 Å². The molecule has 0 amide bonds. The number of piperidine rings is 1. The third-order valence-corrected chi connectivity index (χ3v) is 4.99. The van der Waals surface area contributed by atoms with Crippen molar-refractivity contribution in [2.75, 3.05) is 23.3 Å². The van der Waals surface area contributed by atoms with Gasteiger partial charge >= 0.3 is 5.82 Å². The lowest BCUT2D eigenvalue weighted by molar-refractivity contribution is -0.389. The number of nitro groups is 1. The molecule has 1 unspecified atom stereocenters. The van der Waals surface area contributed by atoms with Crippen LogP contribution < -0.4 is 10.2 Å². The Hall–Kier alpha value is -2.62. The molecule has 3 aromatic heterocycles. The Labute approximate surface area is 141 Å². The summed E-state index contributed by atoms with van der Waals surface area (Å²) in [6.45, 7) is 1.73. The maximum absolute atomic E-state index is 11.4. The Balaban J connectivity index is 1.55. The first-order chi connectivity index (χ1) is 11.6. The second kappa shape index (κ2) is 5.78. The van der Waals surface area contributed by atoms with E-state index in [0.717, 1.165) is 31.6 Å². The van der Waals surface area contributed by atoms with Crippen molar-refractivity contribution in [2.24, 2.45) is 7.05 Å². The van der Waals surface area contributed by atoms with Gasteiger partial charge in [0.2, 0.25) is 5.82 Å². The van der Waals surface area contributed by atoms with Crippen molar-refractivity contribution < 1.29 is 4.92 Å². The van der Waals surface area contributed by atoms with Crippen LogP contribution in [0.1, 0.15) is 12.8 Å². The van der Waals surface area contributed by atoms with Gasteiger partial charge in [0, 0.05) is 37.8 Å². The largest absolute Gasteiger partial charge is 0.372 e. The molecule has 1 aliphatic rings. The fourth-order valence-corrected chi connectivity index (χ4v) is 3.85. The highest BCUT2D eigenvalue weighted by Crippen LogP contribution is 2.30.